The summed E-state index contributed by atoms with van der Waals surface area (Å²) in [6.45, 7) is 5.82. The van der Waals surface area contributed by atoms with Gasteiger partial charge >= 0.3 is 0 Å². The molecule has 0 aliphatic carbocycles. The van der Waals surface area contributed by atoms with Crippen LogP contribution in [0.15, 0.2) is 0 Å². The highest BCUT2D eigenvalue weighted by Crippen LogP contribution is 2.32. The molecule has 1 fully saturated rings. The van der Waals surface area contributed by atoms with Gasteiger partial charge in [-0.3, -0.25) is 0 Å². The Bertz CT molecular complexity index is 174. The molecule has 1 heterocycles. The van der Waals surface area contributed by atoms with Crippen molar-refractivity contribution in [3.8, 4) is 0 Å². The van der Waals surface area contributed by atoms with Gasteiger partial charge in [-0.25, -0.2) is 0 Å². The summed E-state index contributed by atoms with van der Waals surface area (Å²) < 4.78 is 0. The molecule has 0 amide bonds. The standard InChI is InChI=1S/C10H22N2O/c1-8-7-12(3)9(2)6-10(8,13)4-5-11/h8-9,13H,4-7,11H2,1-3H3/t8-,9-,10-/m0/s1. The smallest absolute Gasteiger partial charge is 0.0712 e. The molecule has 0 aromatic heterocycles. The summed E-state index contributed by atoms with van der Waals surface area (Å²) in [7, 11) is 2.11. The predicted octanol–water partition coefficient (Wildman–Crippen LogP) is 0.426. The summed E-state index contributed by atoms with van der Waals surface area (Å²) in [5.74, 6) is 0.331. The summed E-state index contributed by atoms with van der Waals surface area (Å²) in [6, 6.07) is 0.466. The third kappa shape index (κ3) is 2.22. The molecule has 0 radical (unpaired) electrons. The van der Waals surface area contributed by atoms with Gasteiger partial charge in [0.15, 0.2) is 0 Å². The number of hydrogen-bond donors (Lipinski definition) is 2. The van der Waals surface area contributed by atoms with Crippen LogP contribution in [0.25, 0.3) is 0 Å². The van der Waals surface area contributed by atoms with E-state index in [2.05, 4.69) is 25.8 Å². The SMILES string of the molecule is C[C@H]1C[C@@](O)(CCN)[C@@H](C)CN1C. The number of rotatable bonds is 2. The topological polar surface area (TPSA) is 49.5 Å². The van der Waals surface area contributed by atoms with Crippen LogP contribution < -0.4 is 5.73 Å². The zero-order valence-electron chi connectivity index (χ0n) is 8.95. The number of likely N-dealkylation sites (tertiary alicyclic amines) is 1. The van der Waals surface area contributed by atoms with Crippen LogP contribution in [0.5, 0.6) is 0 Å². The molecule has 0 saturated carbocycles. The minimum absolute atomic E-state index is 0.331. The van der Waals surface area contributed by atoms with E-state index in [1.165, 1.54) is 0 Å². The maximum absolute atomic E-state index is 10.3. The number of nitrogens with zero attached hydrogens (tertiary/aromatic N) is 1. The zero-order valence-corrected chi connectivity index (χ0v) is 8.95. The van der Waals surface area contributed by atoms with E-state index in [0.29, 0.717) is 18.5 Å². The molecular formula is C10H22N2O. The Labute approximate surface area is 80.9 Å². The average Bonchev–Trinajstić information content (AvgIpc) is 2.02. The second-order valence-electron chi connectivity index (χ2n) is 4.54. The van der Waals surface area contributed by atoms with E-state index in [1.54, 1.807) is 0 Å². The van der Waals surface area contributed by atoms with Crippen molar-refractivity contribution in [3.05, 3.63) is 0 Å². The Hall–Kier alpha value is -0.120. The van der Waals surface area contributed by atoms with Crippen molar-refractivity contribution in [2.45, 2.75) is 38.3 Å². The van der Waals surface area contributed by atoms with Crippen LogP contribution in [0.1, 0.15) is 26.7 Å². The number of hydrogen-bond acceptors (Lipinski definition) is 3. The van der Waals surface area contributed by atoms with E-state index in [9.17, 15) is 5.11 Å². The lowest BCUT2D eigenvalue weighted by molar-refractivity contribution is -0.0819. The van der Waals surface area contributed by atoms with Crippen LogP contribution in [-0.4, -0.2) is 41.8 Å². The third-order valence-electron chi connectivity index (χ3n) is 3.46. The van der Waals surface area contributed by atoms with E-state index in [1.807, 2.05) is 0 Å². The molecule has 0 aromatic rings. The van der Waals surface area contributed by atoms with Crippen LogP contribution in [0.3, 0.4) is 0 Å². The Balaban J connectivity index is 2.64. The molecule has 78 valence electrons. The van der Waals surface area contributed by atoms with E-state index in [4.69, 9.17) is 5.73 Å². The summed E-state index contributed by atoms with van der Waals surface area (Å²) in [4.78, 5) is 2.30. The lowest BCUT2D eigenvalue weighted by atomic mass is 9.77. The number of nitrogens with two attached hydrogens (primary N) is 1. The molecule has 0 bridgehead atoms. The molecule has 1 rings (SSSR count). The quantitative estimate of drug-likeness (QED) is 0.657. The number of aliphatic hydroxyl groups is 1. The molecule has 1 aliphatic heterocycles. The molecule has 0 spiro atoms. The summed E-state index contributed by atoms with van der Waals surface area (Å²) in [5.41, 5.74) is 4.99. The van der Waals surface area contributed by atoms with Crippen LogP contribution in [0.2, 0.25) is 0 Å². The van der Waals surface area contributed by atoms with Crippen LogP contribution in [0, 0.1) is 5.92 Å². The maximum Gasteiger partial charge on any atom is 0.0712 e. The molecule has 0 aromatic carbocycles. The van der Waals surface area contributed by atoms with Gasteiger partial charge in [-0.15, -0.1) is 0 Å². The van der Waals surface area contributed by atoms with Crippen molar-refractivity contribution < 1.29 is 5.11 Å². The fourth-order valence-corrected chi connectivity index (χ4v) is 2.25. The molecule has 3 heteroatoms. The monoisotopic (exact) mass is 186 g/mol. The Kier molecular flexibility index (Phi) is 3.33. The van der Waals surface area contributed by atoms with Crippen LogP contribution in [-0.2, 0) is 0 Å². The fraction of sp³-hybridized carbons (Fsp3) is 1.00. The summed E-state index contributed by atoms with van der Waals surface area (Å²) >= 11 is 0. The molecule has 1 saturated heterocycles. The first-order valence-electron chi connectivity index (χ1n) is 5.12. The first-order chi connectivity index (χ1) is 5.99. The van der Waals surface area contributed by atoms with E-state index < -0.39 is 5.60 Å². The first-order valence-corrected chi connectivity index (χ1v) is 5.12. The highest BCUT2D eigenvalue weighted by atomic mass is 16.3. The molecule has 1 aliphatic rings. The highest BCUT2D eigenvalue weighted by molar-refractivity contribution is 4.93. The molecule has 0 unspecified atom stereocenters. The highest BCUT2D eigenvalue weighted by Gasteiger charge is 2.39. The largest absolute Gasteiger partial charge is 0.389 e. The second kappa shape index (κ2) is 3.95. The van der Waals surface area contributed by atoms with Crippen molar-refractivity contribution >= 4 is 0 Å². The zero-order chi connectivity index (χ0) is 10.1. The van der Waals surface area contributed by atoms with Crippen molar-refractivity contribution in [2.75, 3.05) is 20.1 Å². The van der Waals surface area contributed by atoms with Crippen molar-refractivity contribution in [3.63, 3.8) is 0 Å². The van der Waals surface area contributed by atoms with Gasteiger partial charge in [0, 0.05) is 12.6 Å². The molecule has 3 nitrogen and oxygen atoms in total. The normalized spacial score (nSPS) is 42.2. The van der Waals surface area contributed by atoms with Gasteiger partial charge in [0.2, 0.25) is 0 Å². The van der Waals surface area contributed by atoms with E-state index in [-0.39, 0.29) is 0 Å². The maximum atomic E-state index is 10.3. The van der Waals surface area contributed by atoms with Gasteiger partial charge in [0.1, 0.15) is 0 Å². The lowest BCUT2D eigenvalue weighted by Crippen LogP contribution is -2.54. The predicted molar refractivity (Wildman–Crippen MR) is 54.5 cm³/mol. The molecule has 3 N–H and O–H groups in total. The minimum atomic E-state index is -0.527. The second-order valence-corrected chi connectivity index (χ2v) is 4.54. The fourth-order valence-electron chi connectivity index (χ4n) is 2.25. The Morgan fingerprint density at radius 3 is 2.69 bits per heavy atom. The number of piperidine rings is 1. The van der Waals surface area contributed by atoms with Crippen molar-refractivity contribution in [1.29, 1.82) is 0 Å². The van der Waals surface area contributed by atoms with Gasteiger partial charge in [0.25, 0.3) is 0 Å². The van der Waals surface area contributed by atoms with Crippen LogP contribution in [0.4, 0.5) is 0 Å². The first kappa shape index (κ1) is 11.0. The van der Waals surface area contributed by atoms with Gasteiger partial charge in [-0.1, -0.05) is 6.92 Å². The van der Waals surface area contributed by atoms with E-state index in [0.717, 1.165) is 19.4 Å². The lowest BCUT2D eigenvalue weighted by Gasteiger charge is -2.45. The van der Waals surface area contributed by atoms with E-state index >= 15 is 0 Å². The third-order valence-corrected chi connectivity index (χ3v) is 3.46. The van der Waals surface area contributed by atoms with Crippen LogP contribution >= 0.6 is 0 Å². The Morgan fingerprint density at radius 1 is 1.54 bits per heavy atom. The van der Waals surface area contributed by atoms with Gasteiger partial charge in [-0.05, 0) is 39.3 Å². The van der Waals surface area contributed by atoms with Gasteiger partial charge < -0.3 is 15.7 Å². The van der Waals surface area contributed by atoms with Crippen molar-refractivity contribution in [2.24, 2.45) is 11.7 Å². The van der Waals surface area contributed by atoms with Crippen molar-refractivity contribution in [1.82, 2.24) is 4.90 Å². The molecular weight excluding hydrogens is 164 g/mol. The summed E-state index contributed by atoms with van der Waals surface area (Å²) in [5, 5.41) is 10.3. The average molecular weight is 186 g/mol. The molecule has 3 atom stereocenters. The van der Waals surface area contributed by atoms with Gasteiger partial charge in [0.05, 0.1) is 5.60 Å². The molecule has 13 heavy (non-hydrogen) atoms. The Morgan fingerprint density at radius 2 is 2.15 bits per heavy atom. The van der Waals surface area contributed by atoms with Gasteiger partial charge in [-0.2, -0.15) is 0 Å². The minimum Gasteiger partial charge on any atom is -0.389 e. The summed E-state index contributed by atoms with van der Waals surface area (Å²) in [6.07, 6.45) is 1.58.